The highest BCUT2D eigenvalue weighted by Gasteiger charge is 2.72. The molecule has 2 fully saturated rings. The van der Waals surface area contributed by atoms with Crippen molar-refractivity contribution in [2.75, 3.05) is 19.0 Å². The second kappa shape index (κ2) is 9.20. The maximum absolute atomic E-state index is 13.9. The molecule has 2 aliphatic heterocycles. The molecular formula is C23H34N2O5S. The lowest BCUT2D eigenvalue weighted by molar-refractivity contribution is -0.162. The molecule has 0 aliphatic carbocycles. The normalized spacial score (nSPS) is 28.3. The fourth-order valence-electron chi connectivity index (χ4n) is 4.85. The average molecular weight is 451 g/mol. The van der Waals surface area contributed by atoms with E-state index < -0.39 is 32.2 Å². The molecule has 2 heterocycles. The third-order valence-corrected chi connectivity index (χ3v) is 11.2. The highest BCUT2D eigenvalue weighted by Crippen LogP contribution is 2.74. The number of amides is 2. The van der Waals surface area contributed by atoms with Gasteiger partial charge in [0.15, 0.2) is 0 Å². The lowest BCUT2D eigenvalue weighted by atomic mass is 9.98. The van der Waals surface area contributed by atoms with Crippen LogP contribution in [0.2, 0.25) is 0 Å². The van der Waals surface area contributed by atoms with Crippen LogP contribution in [-0.2, 0) is 20.9 Å². The molecule has 172 valence electrons. The molecule has 7 nitrogen and oxygen atoms in total. The van der Waals surface area contributed by atoms with E-state index in [9.17, 15) is 19.5 Å². The fraction of sp³-hybridized carbons (Fsp3) is 0.609. The molecular weight excluding hydrogens is 416 g/mol. The molecule has 3 atom stereocenters. The summed E-state index contributed by atoms with van der Waals surface area (Å²) in [6.45, 7) is 9.01. The Morgan fingerprint density at radius 2 is 1.81 bits per heavy atom. The number of fused-ring (bicyclic) bond motifs is 1. The molecule has 1 aromatic carbocycles. The molecule has 0 radical (unpaired) electrons. The first-order valence-corrected chi connectivity index (χ1v) is 12.8. The van der Waals surface area contributed by atoms with Crippen LogP contribution in [0.1, 0.15) is 52.5 Å². The number of nitrogens with zero attached hydrogens (tertiary/aromatic N) is 2. The summed E-state index contributed by atoms with van der Waals surface area (Å²) in [4.78, 5) is 43.0. The Balaban J connectivity index is 1.92. The van der Waals surface area contributed by atoms with E-state index in [2.05, 4.69) is 0 Å². The molecule has 1 aromatic rings. The predicted octanol–water partition coefficient (Wildman–Crippen LogP) is 3.45. The zero-order chi connectivity index (χ0) is 22.8. The van der Waals surface area contributed by atoms with E-state index in [-0.39, 0.29) is 30.1 Å². The van der Waals surface area contributed by atoms with Crippen molar-refractivity contribution < 1.29 is 24.2 Å². The van der Waals surface area contributed by atoms with Gasteiger partial charge in [-0.05, 0) is 32.3 Å². The number of aliphatic hydroxyl groups excluding tert-OH is 1. The Morgan fingerprint density at radius 3 is 2.32 bits per heavy atom. The highest BCUT2D eigenvalue weighted by atomic mass is 32.3. The second-order valence-corrected chi connectivity index (χ2v) is 12.5. The van der Waals surface area contributed by atoms with E-state index in [4.69, 9.17) is 4.74 Å². The number of hydrogen-bond donors (Lipinski definition) is 1. The first-order chi connectivity index (χ1) is 14.8. The Morgan fingerprint density at radius 1 is 1.19 bits per heavy atom. The van der Waals surface area contributed by atoms with Crippen LogP contribution in [-0.4, -0.2) is 67.2 Å². The van der Waals surface area contributed by atoms with E-state index in [0.717, 1.165) is 18.4 Å². The molecule has 0 saturated carbocycles. The van der Waals surface area contributed by atoms with Gasteiger partial charge in [-0.1, -0.05) is 44.2 Å². The smallest absolute Gasteiger partial charge is 0.330 e. The quantitative estimate of drug-likeness (QED) is 0.484. The van der Waals surface area contributed by atoms with Gasteiger partial charge in [-0.3, -0.25) is 9.59 Å². The van der Waals surface area contributed by atoms with Crippen LogP contribution in [0.3, 0.4) is 0 Å². The molecule has 31 heavy (non-hydrogen) atoms. The standard InChI is InChI=1S/C23H34N2O5S/c1-5-12-24(13-6-2)22(29)31(16-26)19-14-18(27)25(19)20(23(31,3)4)21(28)30-15-17-10-8-7-9-11-17/h7-11,19-20,26H,5-6,12-16H2,1-4H3/t19-,20+/m1/s1. The molecule has 0 spiro atoms. The zero-order valence-electron chi connectivity index (χ0n) is 18.9. The minimum absolute atomic E-state index is 0.0930. The summed E-state index contributed by atoms with van der Waals surface area (Å²) in [5, 5.41) is 10.1. The summed E-state index contributed by atoms with van der Waals surface area (Å²) in [6.07, 6.45) is 1.81. The van der Waals surface area contributed by atoms with Crippen molar-refractivity contribution in [2.45, 2.75) is 69.7 Å². The Kier molecular flexibility index (Phi) is 7.01. The van der Waals surface area contributed by atoms with E-state index in [1.807, 2.05) is 62.9 Å². The number of ether oxygens (including phenoxy) is 1. The van der Waals surface area contributed by atoms with Crippen LogP contribution in [0.5, 0.6) is 0 Å². The summed E-state index contributed by atoms with van der Waals surface area (Å²) in [5.74, 6) is -1.01. The minimum Gasteiger partial charge on any atom is -0.459 e. The number of β-lactam (4-membered cyclic amide) rings is 1. The SMILES string of the molecule is CCCN(CCC)C(=O)S1(CO)[C@@H]2CC(=O)N2[C@@H](C(=O)OCc2ccccc2)C1(C)C. The first kappa shape index (κ1) is 23.6. The van der Waals surface area contributed by atoms with Crippen molar-refractivity contribution >= 4 is 27.1 Å². The molecule has 1 unspecified atom stereocenters. The van der Waals surface area contributed by atoms with Gasteiger partial charge in [0, 0.05) is 17.8 Å². The molecule has 8 heteroatoms. The van der Waals surface area contributed by atoms with Gasteiger partial charge in [-0.15, -0.1) is 10.0 Å². The topological polar surface area (TPSA) is 87.2 Å². The van der Waals surface area contributed by atoms with Gasteiger partial charge in [-0.2, -0.15) is 0 Å². The van der Waals surface area contributed by atoms with Gasteiger partial charge >= 0.3 is 5.97 Å². The van der Waals surface area contributed by atoms with E-state index in [1.165, 1.54) is 4.90 Å². The summed E-state index contributed by atoms with van der Waals surface area (Å²) < 4.78 is 4.70. The van der Waals surface area contributed by atoms with Crippen LogP contribution >= 0.6 is 10.0 Å². The summed E-state index contributed by atoms with van der Waals surface area (Å²) in [7, 11) is -2.40. The average Bonchev–Trinajstić information content (AvgIpc) is 2.92. The van der Waals surface area contributed by atoms with Gasteiger partial charge in [0.2, 0.25) is 5.91 Å². The van der Waals surface area contributed by atoms with Crippen molar-refractivity contribution in [3.63, 3.8) is 0 Å². The number of rotatable bonds is 8. The molecule has 3 rings (SSSR count). The van der Waals surface area contributed by atoms with Gasteiger partial charge in [0.05, 0.1) is 17.7 Å². The van der Waals surface area contributed by atoms with Crippen molar-refractivity contribution in [1.82, 2.24) is 9.80 Å². The first-order valence-electron chi connectivity index (χ1n) is 11.0. The number of aliphatic hydroxyl groups is 1. The Labute approximate surface area is 186 Å². The second-order valence-electron chi connectivity index (χ2n) is 8.73. The molecule has 2 aliphatic rings. The number of carbonyl (C=O) groups is 3. The van der Waals surface area contributed by atoms with Crippen LogP contribution < -0.4 is 0 Å². The van der Waals surface area contributed by atoms with Crippen molar-refractivity contribution in [1.29, 1.82) is 0 Å². The van der Waals surface area contributed by atoms with Gasteiger partial charge in [-0.25, -0.2) is 4.79 Å². The number of benzene rings is 1. The van der Waals surface area contributed by atoms with E-state index >= 15 is 0 Å². The number of hydrogen-bond acceptors (Lipinski definition) is 5. The maximum atomic E-state index is 13.9. The van der Waals surface area contributed by atoms with E-state index in [1.54, 1.807) is 0 Å². The third-order valence-electron chi connectivity index (χ3n) is 6.50. The fourth-order valence-corrected chi connectivity index (χ4v) is 9.16. The van der Waals surface area contributed by atoms with Gasteiger partial charge in [0.1, 0.15) is 12.6 Å². The van der Waals surface area contributed by atoms with Crippen molar-refractivity contribution in [2.24, 2.45) is 0 Å². The monoisotopic (exact) mass is 450 g/mol. The molecule has 2 saturated heterocycles. The Hall–Kier alpha value is -2.06. The molecule has 2 amide bonds. The number of carbonyl (C=O) groups excluding carboxylic acids is 3. The lowest BCUT2D eigenvalue weighted by Crippen LogP contribution is -2.57. The van der Waals surface area contributed by atoms with Crippen LogP contribution in [0.15, 0.2) is 30.3 Å². The highest BCUT2D eigenvalue weighted by molar-refractivity contribution is 8.46. The molecule has 0 bridgehead atoms. The molecule has 1 N–H and O–H groups in total. The summed E-state index contributed by atoms with van der Waals surface area (Å²) in [5.41, 5.74) is 0.854. The predicted molar refractivity (Wildman–Crippen MR) is 122 cm³/mol. The van der Waals surface area contributed by atoms with Crippen LogP contribution in [0.25, 0.3) is 0 Å². The third kappa shape index (κ3) is 3.74. The summed E-state index contributed by atoms with van der Waals surface area (Å²) >= 11 is 0. The Bertz CT molecular complexity index is 825. The van der Waals surface area contributed by atoms with Crippen molar-refractivity contribution in [3.8, 4) is 0 Å². The van der Waals surface area contributed by atoms with Crippen LogP contribution in [0, 0.1) is 0 Å². The van der Waals surface area contributed by atoms with Crippen LogP contribution in [0.4, 0.5) is 4.79 Å². The minimum atomic E-state index is -2.40. The van der Waals surface area contributed by atoms with Crippen molar-refractivity contribution in [3.05, 3.63) is 35.9 Å². The number of esters is 1. The zero-order valence-corrected chi connectivity index (χ0v) is 19.7. The largest absolute Gasteiger partial charge is 0.459 e. The summed E-state index contributed by atoms with van der Waals surface area (Å²) in [6, 6.07) is 8.48. The lowest BCUT2D eigenvalue weighted by Gasteiger charge is -2.51. The molecule has 0 aromatic heterocycles. The van der Waals surface area contributed by atoms with Gasteiger partial charge in [0.25, 0.3) is 5.24 Å². The van der Waals surface area contributed by atoms with Gasteiger partial charge < -0.3 is 19.6 Å². The maximum Gasteiger partial charge on any atom is 0.330 e. The van der Waals surface area contributed by atoms with E-state index in [0.29, 0.717) is 13.1 Å².